The van der Waals surface area contributed by atoms with Gasteiger partial charge in [-0.1, -0.05) is 152 Å². The molecule has 0 saturated heterocycles. The van der Waals surface area contributed by atoms with Crippen LogP contribution < -0.4 is 0 Å². The highest BCUT2D eigenvalue weighted by atomic mass is 14.9. The smallest absolute Gasteiger partial charge is 0.160 e. The lowest BCUT2D eigenvalue weighted by Gasteiger charge is -2.12. The largest absolute Gasteiger partial charge is 0.246 e. The monoisotopic (exact) mass is 638 g/mol. The molecule has 0 aliphatic carbocycles. The first kappa shape index (κ1) is 29.4. The molecule has 0 aliphatic heterocycles. The SMILES string of the molecule is c1ccc(-c2ccc(-c3cc(-c4cccc(-c5cccc(-c6nc7ccccc7c7ccccc67)n5)c4)nc(-c4ccccc4)n3)cc2)cc1. The number of aromatic nitrogens is 4. The zero-order valence-corrected chi connectivity index (χ0v) is 27.1. The number of pyridine rings is 2. The van der Waals surface area contributed by atoms with Gasteiger partial charge < -0.3 is 0 Å². The summed E-state index contributed by atoms with van der Waals surface area (Å²) >= 11 is 0. The summed E-state index contributed by atoms with van der Waals surface area (Å²) in [4.78, 5) is 20.4. The zero-order chi connectivity index (χ0) is 33.3. The molecule has 0 radical (unpaired) electrons. The molecule has 4 heteroatoms. The molecule has 3 aromatic heterocycles. The quantitative estimate of drug-likeness (QED) is 0.170. The molecule has 9 rings (SSSR count). The maximum atomic E-state index is 5.17. The zero-order valence-electron chi connectivity index (χ0n) is 27.1. The van der Waals surface area contributed by atoms with Crippen LogP contribution in [0.5, 0.6) is 0 Å². The van der Waals surface area contributed by atoms with E-state index in [-0.39, 0.29) is 0 Å². The Balaban J connectivity index is 1.13. The van der Waals surface area contributed by atoms with Crippen molar-refractivity contribution < 1.29 is 0 Å². The molecular formula is C46H30N4. The molecule has 0 N–H and O–H groups in total. The van der Waals surface area contributed by atoms with E-state index in [1.807, 2.05) is 36.4 Å². The van der Waals surface area contributed by atoms with Gasteiger partial charge in [-0.25, -0.2) is 19.9 Å². The average molecular weight is 639 g/mol. The molecule has 9 aromatic rings. The highest BCUT2D eigenvalue weighted by molar-refractivity contribution is 6.10. The Morgan fingerprint density at radius 3 is 1.54 bits per heavy atom. The van der Waals surface area contributed by atoms with Gasteiger partial charge >= 0.3 is 0 Å². The average Bonchev–Trinajstić information content (AvgIpc) is 3.21. The molecule has 50 heavy (non-hydrogen) atoms. The van der Waals surface area contributed by atoms with Gasteiger partial charge in [-0.05, 0) is 46.8 Å². The third-order valence-electron chi connectivity index (χ3n) is 9.10. The summed E-state index contributed by atoms with van der Waals surface area (Å²) in [5.74, 6) is 0.685. The van der Waals surface area contributed by atoms with Crippen LogP contribution in [0.15, 0.2) is 182 Å². The van der Waals surface area contributed by atoms with Crippen LogP contribution in [0.1, 0.15) is 0 Å². The molecule has 0 amide bonds. The van der Waals surface area contributed by atoms with Gasteiger partial charge in [0.2, 0.25) is 0 Å². The summed E-state index contributed by atoms with van der Waals surface area (Å²) < 4.78 is 0. The van der Waals surface area contributed by atoms with E-state index in [0.717, 1.165) is 67.0 Å². The number of fused-ring (bicyclic) bond motifs is 3. The minimum absolute atomic E-state index is 0.685. The molecule has 3 heterocycles. The van der Waals surface area contributed by atoms with E-state index in [1.54, 1.807) is 0 Å². The summed E-state index contributed by atoms with van der Waals surface area (Å²) in [5, 5.41) is 3.40. The Bertz CT molecular complexity index is 2630. The Morgan fingerprint density at radius 2 is 0.780 bits per heavy atom. The second kappa shape index (κ2) is 12.7. The third kappa shape index (κ3) is 5.59. The van der Waals surface area contributed by atoms with Crippen LogP contribution in [-0.2, 0) is 0 Å². The lowest BCUT2D eigenvalue weighted by molar-refractivity contribution is 1.18. The molecule has 0 fully saturated rings. The Hall–Kier alpha value is -6.78. The number of nitrogens with zero attached hydrogens (tertiary/aromatic N) is 4. The van der Waals surface area contributed by atoms with Gasteiger partial charge in [0.25, 0.3) is 0 Å². The first-order valence-electron chi connectivity index (χ1n) is 16.7. The van der Waals surface area contributed by atoms with Crippen molar-refractivity contribution >= 4 is 21.7 Å². The van der Waals surface area contributed by atoms with Crippen LogP contribution in [0.3, 0.4) is 0 Å². The van der Waals surface area contributed by atoms with Crippen LogP contribution in [0.25, 0.3) is 89.4 Å². The Kier molecular flexibility index (Phi) is 7.45. The minimum atomic E-state index is 0.685. The number of hydrogen-bond donors (Lipinski definition) is 0. The van der Waals surface area contributed by atoms with Crippen molar-refractivity contribution in [3.8, 4) is 67.7 Å². The lowest BCUT2D eigenvalue weighted by atomic mass is 10.0. The van der Waals surface area contributed by atoms with Gasteiger partial charge in [-0.3, -0.25) is 0 Å². The summed E-state index contributed by atoms with van der Waals surface area (Å²) in [5.41, 5.74) is 11.6. The molecule has 0 atom stereocenters. The molecule has 0 bridgehead atoms. The fraction of sp³-hybridized carbons (Fsp3) is 0. The summed E-state index contributed by atoms with van der Waals surface area (Å²) in [6, 6.07) is 62.6. The van der Waals surface area contributed by atoms with Crippen LogP contribution in [0.4, 0.5) is 0 Å². The molecule has 6 aromatic carbocycles. The highest BCUT2D eigenvalue weighted by Crippen LogP contribution is 2.34. The van der Waals surface area contributed by atoms with Gasteiger partial charge in [-0.2, -0.15) is 0 Å². The molecule has 4 nitrogen and oxygen atoms in total. The van der Waals surface area contributed by atoms with E-state index < -0.39 is 0 Å². The highest BCUT2D eigenvalue weighted by Gasteiger charge is 2.14. The van der Waals surface area contributed by atoms with E-state index in [0.29, 0.717) is 5.82 Å². The van der Waals surface area contributed by atoms with Gasteiger partial charge in [0.05, 0.1) is 34.0 Å². The lowest BCUT2D eigenvalue weighted by Crippen LogP contribution is -1.96. The summed E-state index contributed by atoms with van der Waals surface area (Å²) in [6.45, 7) is 0. The van der Waals surface area contributed by atoms with Crippen LogP contribution in [-0.4, -0.2) is 19.9 Å². The molecule has 234 valence electrons. The van der Waals surface area contributed by atoms with Gasteiger partial charge in [0, 0.05) is 33.0 Å². The second-order valence-corrected chi connectivity index (χ2v) is 12.3. The maximum Gasteiger partial charge on any atom is 0.160 e. The second-order valence-electron chi connectivity index (χ2n) is 12.3. The maximum absolute atomic E-state index is 5.17. The van der Waals surface area contributed by atoms with Crippen LogP contribution in [0.2, 0.25) is 0 Å². The fourth-order valence-corrected chi connectivity index (χ4v) is 6.59. The number of rotatable bonds is 6. The molecule has 0 unspecified atom stereocenters. The Morgan fingerprint density at radius 1 is 0.260 bits per heavy atom. The van der Waals surface area contributed by atoms with Crippen LogP contribution >= 0.6 is 0 Å². The van der Waals surface area contributed by atoms with Crippen molar-refractivity contribution in [1.29, 1.82) is 0 Å². The minimum Gasteiger partial charge on any atom is -0.246 e. The predicted molar refractivity (Wildman–Crippen MR) is 205 cm³/mol. The summed E-state index contributed by atoms with van der Waals surface area (Å²) in [7, 11) is 0. The van der Waals surface area contributed by atoms with E-state index in [2.05, 4.69) is 146 Å². The standard InChI is InChI=1S/C46H30N4/c1-3-13-31(14-4-1)32-25-27-33(28-26-32)43-30-44(50-46(49-43)34-15-5-2-6-16-34)36-18-11-17-35(29-36)40-23-12-24-42(47-40)45-39-21-8-7-19-37(39)38-20-9-10-22-41(38)48-45/h1-30H. The van der Waals surface area contributed by atoms with Crippen molar-refractivity contribution in [2.75, 3.05) is 0 Å². The van der Waals surface area contributed by atoms with E-state index in [1.165, 1.54) is 16.5 Å². The number of benzene rings is 6. The number of para-hydroxylation sites is 1. The molecular weight excluding hydrogens is 609 g/mol. The fourth-order valence-electron chi connectivity index (χ4n) is 6.59. The van der Waals surface area contributed by atoms with Crippen LogP contribution in [0, 0.1) is 0 Å². The normalized spacial score (nSPS) is 11.2. The summed E-state index contributed by atoms with van der Waals surface area (Å²) in [6.07, 6.45) is 0. The molecule has 0 aliphatic rings. The van der Waals surface area contributed by atoms with Gasteiger partial charge in [0.15, 0.2) is 5.82 Å². The number of hydrogen-bond acceptors (Lipinski definition) is 4. The molecule has 0 spiro atoms. The first-order chi connectivity index (χ1) is 24.8. The molecule has 0 saturated carbocycles. The van der Waals surface area contributed by atoms with Crippen molar-refractivity contribution in [2.24, 2.45) is 0 Å². The first-order valence-corrected chi connectivity index (χ1v) is 16.7. The Labute approximate surface area is 290 Å². The van der Waals surface area contributed by atoms with Gasteiger partial charge in [-0.15, -0.1) is 0 Å². The predicted octanol–water partition coefficient (Wildman–Crippen LogP) is 11.6. The van der Waals surface area contributed by atoms with Crippen molar-refractivity contribution in [3.63, 3.8) is 0 Å². The van der Waals surface area contributed by atoms with Crippen molar-refractivity contribution in [1.82, 2.24) is 19.9 Å². The van der Waals surface area contributed by atoms with Crippen molar-refractivity contribution in [3.05, 3.63) is 182 Å². The van der Waals surface area contributed by atoms with Gasteiger partial charge in [0.1, 0.15) is 0 Å². The van der Waals surface area contributed by atoms with E-state index >= 15 is 0 Å². The topological polar surface area (TPSA) is 51.6 Å². The van der Waals surface area contributed by atoms with Crippen molar-refractivity contribution in [2.45, 2.75) is 0 Å². The third-order valence-corrected chi connectivity index (χ3v) is 9.10. The van der Waals surface area contributed by atoms with E-state index in [9.17, 15) is 0 Å². The van der Waals surface area contributed by atoms with E-state index in [4.69, 9.17) is 19.9 Å².